The third-order valence-electron chi connectivity index (χ3n) is 3.52. The van der Waals surface area contributed by atoms with Crippen LogP contribution >= 0.6 is 0 Å². The molecule has 0 amide bonds. The summed E-state index contributed by atoms with van der Waals surface area (Å²) in [7, 11) is 4.20. The Hall–Kier alpha value is -1.81. The molecule has 100 valence electrons. The number of rotatable bonds is 4. The van der Waals surface area contributed by atoms with Crippen LogP contribution in [-0.4, -0.2) is 42.9 Å². The van der Waals surface area contributed by atoms with E-state index in [1.165, 1.54) is 22.0 Å². The molecule has 0 saturated carbocycles. The van der Waals surface area contributed by atoms with Crippen LogP contribution < -0.4 is 5.32 Å². The molecule has 0 atom stereocenters. The number of benzene rings is 1. The summed E-state index contributed by atoms with van der Waals surface area (Å²) in [5.74, 6) is 1.04. The van der Waals surface area contributed by atoms with Gasteiger partial charge in [0, 0.05) is 29.2 Å². The number of amidine groups is 1. The van der Waals surface area contributed by atoms with E-state index in [-0.39, 0.29) is 0 Å². The van der Waals surface area contributed by atoms with Gasteiger partial charge in [0.15, 0.2) is 0 Å². The lowest BCUT2D eigenvalue weighted by molar-refractivity contribution is 0.400. The van der Waals surface area contributed by atoms with Crippen LogP contribution in [0.5, 0.6) is 0 Å². The van der Waals surface area contributed by atoms with Crippen molar-refractivity contribution in [2.75, 3.05) is 27.2 Å². The summed E-state index contributed by atoms with van der Waals surface area (Å²) in [5, 5.41) is 4.80. The highest BCUT2D eigenvalue weighted by Gasteiger charge is 2.16. The van der Waals surface area contributed by atoms with Gasteiger partial charge in [0.2, 0.25) is 0 Å². The largest absolute Gasteiger partial charge is 0.370 e. The van der Waals surface area contributed by atoms with Gasteiger partial charge in [0.25, 0.3) is 0 Å². The molecule has 2 heterocycles. The number of nitrogens with zero attached hydrogens (tertiary/aromatic N) is 2. The monoisotopic (exact) mass is 256 g/mol. The second-order valence-electron chi connectivity index (χ2n) is 5.29. The minimum Gasteiger partial charge on any atom is -0.370 e. The van der Waals surface area contributed by atoms with Gasteiger partial charge in [-0.25, -0.2) is 0 Å². The molecule has 4 nitrogen and oxygen atoms in total. The molecule has 1 aromatic heterocycles. The SMILES string of the molecule is CN(C)CCCNC1=NCc2c[nH]c3cccc1c23. The number of aromatic nitrogens is 1. The van der Waals surface area contributed by atoms with Crippen LogP contribution in [0, 0.1) is 0 Å². The van der Waals surface area contributed by atoms with Crippen molar-refractivity contribution < 1.29 is 0 Å². The first kappa shape index (κ1) is 12.2. The van der Waals surface area contributed by atoms with Crippen LogP contribution in [0.15, 0.2) is 29.4 Å². The van der Waals surface area contributed by atoms with Crippen LogP contribution in [0.4, 0.5) is 0 Å². The van der Waals surface area contributed by atoms with Gasteiger partial charge >= 0.3 is 0 Å². The molecule has 0 spiro atoms. The fraction of sp³-hybridized carbons (Fsp3) is 0.400. The number of aromatic amines is 1. The van der Waals surface area contributed by atoms with Gasteiger partial charge < -0.3 is 15.2 Å². The predicted molar refractivity (Wildman–Crippen MR) is 79.7 cm³/mol. The van der Waals surface area contributed by atoms with Gasteiger partial charge in [-0.05, 0) is 38.7 Å². The molecule has 2 N–H and O–H groups in total. The van der Waals surface area contributed by atoms with Crippen molar-refractivity contribution in [2.24, 2.45) is 4.99 Å². The Labute approximate surface area is 113 Å². The third-order valence-corrected chi connectivity index (χ3v) is 3.52. The summed E-state index contributed by atoms with van der Waals surface area (Å²) in [6.07, 6.45) is 3.20. The van der Waals surface area contributed by atoms with E-state index in [1.54, 1.807) is 0 Å². The normalized spacial score (nSPS) is 13.9. The number of H-pyrrole nitrogens is 1. The molecule has 1 aliphatic rings. The number of hydrogen-bond acceptors (Lipinski definition) is 3. The Bertz CT molecular complexity index is 610. The van der Waals surface area contributed by atoms with E-state index in [4.69, 9.17) is 0 Å². The van der Waals surface area contributed by atoms with Gasteiger partial charge in [0.05, 0.1) is 6.54 Å². The molecule has 0 unspecified atom stereocenters. The van der Waals surface area contributed by atoms with E-state index in [1.807, 2.05) is 0 Å². The number of aliphatic imine (C=N–C) groups is 1. The maximum atomic E-state index is 4.66. The van der Waals surface area contributed by atoms with Crippen LogP contribution in [0.2, 0.25) is 0 Å². The molecule has 3 rings (SSSR count). The zero-order valence-electron chi connectivity index (χ0n) is 11.5. The summed E-state index contributed by atoms with van der Waals surface area (Å²) in [6, 6.07) is 6.36. The van der Waals surface area contributed by atoms with Crippen molar-refractivity contribution in [1.82, 2.24) is 15.2 Å². The molecule has 0 aliphatic carbocycles. The second-order valence-corrected chi connectivity index (χ2v) is 5.29. The fourth-order valence-electron chi connectivity index (χ4n) is 2.58. The molecule has 0 fully saturated rings. The van der Waals surface area contributed by atoms with E-state index < -0.39 is 0 Å². The first-order valence-corrected chi connectivity index (χ1v) is 6.78. The Morgan fingerprint density at radius 1 is 1.37 bits per heavy atom. The zero-order chi connectivity index (χ0) is 13.2. The Balaban J connectivity index is 1.75. The van der Waals surface area contributed by atoms with Crippen molar-refractivity contribution in [3.63, 3.8) is 0 Å². The average molecular weight is 256 g/mol. The van der Waals surface area contributed by atoms with E-state index in [0.29, 0.717) is 0 Å². The summed E-state index contributed by atoms with van der Waals surface area (Å²) in [4.78, 5) is 10.2. The molecular formula is C15H20N4. The highest BCUT2D eigenvalue weighted by molar-refractivity contribution is 6.11. The zero-order valence-corrected chi connectivity index (χ0v) is 11.5. The molecule has 1 aromatic carbocycles. The summed E-state index contributed by atoms with van der Waals surface area (Å²) in [5.41, 5.74) is 3.73. The molecule has 1 aliphatic heterocycles. The van der Waals surface area contributed by atoms with Crippen molar-refractivity contribution in [3.8, 4) is 0 Å². The Morgan fingerprint density at radius 3 is 3.11 bits per heavy atom. The van der Waals surface area contributed by atoms with E-state index in [2.05, 4.69) is 58.7 Å². The predicted octanol–water partition coefficient (Wildman–Crippen LogP) is 1.97. The van der Waals surface area contributed by atoms with Crippen molar-refractivity contribution in [3.05, 3.63) is 35.5 Å². The van der Waals surface area contributed by atoms with E-state index in [0.717, 1.165) is 31.9 Å². The van der Waals surface area contributed by atoms with Crippen LogP contribution in [0.1, 0.15) is 17.5 Å². The van der Waals surface area contributed by atoms with Gasteiger partial charge in [-0.15, -0.1) is 0 Å². The molecule has 0 bridgehead atoms. The lowest BCUT2D eigenvalue weighted by atomic mass is 10.0. The standard InChI is InChI=1S/C15H20N4/c1-19(2)8-4-7-16-15-12-5-3-6-13-14(12)11(9-17-13)10-18-15/h3,5-6,9,17H,4,7-8,10H2,1-2H3,(H,16,18). The third kappa shape index (κ3) is 2.36. The quantitative estimate of drug-likeness (QED) is 0.821. The topological polar surface area (TPSA) is 43.4 Å². The molecular weight excluding hydrogens is 236 g/mol. The lowest BCUT2D eigenvalue weighted by Gasteiger charge is -2.16. The van der Waals surface area contributed by atoms with Gasteiger partial charge in [-0.2, -0.15) is 0 Å². The molecule has 4 heteroatoms. The van der Waals surface area contributed by atoms with Crippen molar-refractivity contribution in [1.29, 1.82) is 0 Å². The highest BCUT2D eigenvalue weighted by atomic mass is 15.1. The summed E-state index contributed by atoms with van der Waals surface area (Å²) in [6.45, 7) is 2.83. The molecule has 0 saturated heterocycles. The van der Waals surface area contributed by atoms with E-state index >= 15 is 0 Å². The Morgan fingerprint density at radius 2 is 2.26 bits per heavy atom. The number of hydrogen-bond donors (Lipinski definition) is 2. The Kier molecular flexibility index (Phi) is 3.25. The van der Waals surface area contributed by atoms with Crippen LogP contribution in [-0.2, 0) is 6.54 Å². The maximum Gasteiger partial charge on any atom is 0.129 e. The average Bonchev–Trinajstić information content (AvgIpc) is 2.82. The van der Waals surface area contributed by atoms with Gasteiger partial charge in [-0.1, -0.05) is 12.1 Å². The minimum absolute atomic E-state index is 0.771. The minimum atomic E-state index is 0.771. The van der Waals surface area contributed by atoms with Crippen LogP contribution in [0.25, 0.3) is 10.9 Å². The fourth-order valence-corrected chi connectivity index (χ4v) is 2.58. The molecule has 0 radical (unpaired) electrons. The maximum absolute atomic E-state index is 4.66. The smallest absolute Gasteiger partial charge is 0.129 e. The van der Waals surface area contributed by atoms with Crippen LogP contribution in [0.3, 0.4) is 0 Å². The lowest BCUT2D eigenvalue weighted by Crippen LogP contribution is -2.29. The molecule has 19 heavy (non-hydrogen) atoms. The summed E-state index contributed by atoms with van der Waals surface area (Å²) < 4.78 is 0. The van der Waals surface area contributed by atoms with Crippen molar-refractivity contribution in [2.45, 2.75) is 13.0 Å². The van der Waals surface area contributed by atoms with Crippen molar-refractivity contribution >= 4 is 16.7 Å². The molecule has 2 aromatic rings. The van der Waals surface area contributed by atoms with Gasteiger partial charge in [-0.3, -0.25) is 4.99 Å². The number of nitrogens with one attached hydrogen (secondary N) is 2. The first-order valence-electron chi connectivity index (χ1n) is 6.78. The van der Waals surface area contributed by atoms with Gasteiger partial charge in [0.1, 0.15) is 5.84 Å². The highest BCUT2D eigenvalue weighted by Crippen LogP contribution is 2.26. The first-order chi connectivity index (χ1) is 9.25. The summed E-state index contributed by atoms with van der Waals surface area (Å²) >= 11 is 0. The van der Waals surface area contributed by atoms with E-state index in [9.17, 15) is 0 Å². The second kappa shape index (κ2) is 5.05.